The Balaban J connectivity index is 2.27. The van der Waals surface area contributed by atoms with E-state index in [1.165, 1.54) is 6.07 Å². The van der Waals surface area contributed by atoms with E-state index < -0.39 is 34.6 Å². The van der Waals surface area contributed by atoms with Crippen molar-refractivity contribution in [3.8, 4) is 0 Å². The molecule has 0 amide bonds. The van der Waals surface area contributed by atoms with Crippen molar-refractivity contribution in [1.29, 1.82) is 0 Å². The van der Waals surface area contributed by atoms with Crippen molar-refractivity contribution in [1.82, 2.24) is 9.55 Å². The van der Waals surface area contributed by atoms with Crippen LogP contribution in [0.15, 0.2) is 29.1 Å². The summed E-state index contributed by atoms with van der Waals surface area (Å²) in [5.41, 5.74) is 5.60. The molecule has 0 aliphatic rings. The number of halogens is 3. The maximum absolute atomic E-state index is 13.8. The molecule has 23 heavy (non-hydrogen) atoms. The van der Waals surface area contributed by atoms with Gasteiger partial charge < -0.3 is 10.7 Å². The number of carbonyl (C=O) groups is 1. The van der Waals surface area contributed by atoms with Crippen LogP contribution in [0.3, 0.4) is 0 Å². The first-order chi connectivity index (χ1) is 10.8. The molecule has 5 nitrogen and oxygen atoms in total. The Bertz CT molecular complexity index is 1020. The second kappa shape index (κ2) is 5.01. The summed E-state index contributed by atoms with van der Waals surface area (Å²) in [5.74, 6) is -5.98. The molecule has 3 rings (SSSR count). The molecule has 2 aromatic carbocycles. The predicted molar refractivity (Wildman–Crippen MR) is 77.8 cm³/mol. The molecule has 0 radical (unpaired) electrons. The maximum atomic E-state index is 13.8. The van der Waals surface area contributed by atoms with Crippen molar-refractivity contribution in [3.63, 3.8) is 0 Å². The topological polar surface area (TPSA) is 80.9 Å². The zero-order valence-electron chi connectivity index (χ0n) is 11.8. The summed E-state index contributed by atoms with van der Waals surface area (Å²) in [7, 11) is 0. The Morgan fingerprint density at radius 3 is 2.57 bits per heavy atom. The molecule has 118 valence electrons. The Labute approximate surface area is 127 Å². The van der Waals surface area contributed by atoms with Gasteiger partial charge in [-0.05, 0) is 36.8 Å². The van der Waals surface area contributed by atoms with Gasteiger partial charge in [0.1, 0.15) is 0 Å². The van der Waals surface area contributed by atoms with Crippen LogP contribution in [0.25, 0.3) is 11.0 Å². The molecule has 3 aromatic rings. The molecule has 0 fully saturated rings. The third-order valence-electron chi connectivity index (χ3n) is 3.54. The molecule has 0 aliphatic heterocycles. The van der Waals surface area contributed by atoms with Crippen molar-refractivity contribution >= 4 is 22.6 Å². The lowest BCUT2D eigenvalue weighted by Gasteiger charge is -2.06. The summed E-state index contributed by atoms with van der Waals surface area (Å²) in [5, 5.41) is 0. The van der Waals surface area contributed by atoms with Crippen LogP contribution in [-0.2, 0) is 0 Å². The van der Waals surface area contributed by atoms with Gasteiger partial charge in [0.05, 0.1) is 16.6 Å². The average Bonchev–Trinajstić information content (AvgIpc) is 2.80. The standard InChI is InChI=1S/C15H10F3N3O2/c1-6-4-10-11(5-9(6)19)21(15(23)20-10)14(22)7-2-3-8(16)13(18)12(7)17/h2-5H,19H2,1H3,(H,20,23). The lowest BCUT2D eigenvalue weighted by atomic mass is 10.1. The van der Waals surface area contributed by atoms with Gasteiger partial charge in [-0.2, -0.15) is 0 Å². The van der Waals surface area contributed by atoms with E-state index in [1.807, 2.05) is 0 Å². The summed E-state index contributed by atoms with van der Waals surface area (Å²) in [4.78, 5) is 26.8. The molecular weight excluding hydrogens is 311 g/mol. The van der Waals surface area contributed by atoms with Gasteiger partial charge in [0.15, 0.2) is 17.5 Å². The van der Waals surface area contributed by atoms with Crippen molar-refractivity contribution < 1.29 is 18.0 Å². The molecule has 8 heteroatoms. The highest BCUT2D eigenvalue weighted by Gasteiger charge is 2.23. The van der Waals surface area contributed by atoms with Crippen LogP contribution < -0.4 is 11.4 Å². The van der Waals surface area contributed by atoms with E-state index in [2.05, 4.69) is 4.98 Å². The molecule has 0 bridgehead atoms. The van der Waals surface area contributed by atoms with Gasteiger partial charge in [0, 0.05) is 5.69 Å². The van der Waals surface area contributed by atoms with E-state index in [9.17, 15) is 22.8 Å². The van der Waals surface area contributed by atoms with Crippen molar-refractivity contribution in [3.05, 3.63) is 63.3 Å². The van der Waals surface area contributed by atoms with Crippen LogP contribution in [0.1, 0.15) is 15.9 Å². The summed E-state index contributed by atoms with van der Waals surface area (Å²) in [6, 6.07) is 4.32. The summed E-state index contributed by atoms with van der Waals surface area (Å²) in [6.07, 6.45) is 0. The van der Waals surface area contributed by atoms with Crippen molar-refractivity contribution in [2.75, 3.05) is 5.73 Å². The number of H-pyrrole nitrogens is 1. The smallest absolute Gasteiger partial charge is 0.333 e. The lowest BCUT2D eigenvalue weighted by molar-refractivity contribution is 0.0955. The number of aryl methyl sites for hydroxylation is 1. The van der Waals surface area contributed by atoms with E-state index in [4.69, 9.17) is 5.73 Å². The number of hydrogen-bond acceptors (Lipinski definition) is 3. The first-order valence-electron chi connectivity index (χ1n) is 6.50. The first-order valence-corrected chi connectivity index (χ1v) is 6.50. The van der Waals surface area contributed by atoms with E-state index in [0.717, 1.165) is 6.07 Å². The van der Waals surface area contributed by atoms with Gasteiger partial charge in [0.2, 0.25) is 0 Å². The van der Waals surface area contributed by atoms with E-state index in [1.54, 1.807) is 13.0 Å². The predicted octanol–water partition coefficient (Wildman–Crippen LogP) is 2.33. The number of nitrogens with zero attached hydrogens (tertiary/aromatic N) is 1. The second-order valence-corrected chi connectivity index (χ2v) is 5.02. The van der Waals surface area contributed by atoms with Gasteiger partial charge in [-0.3, -0.25) is 4.79 Å². The first kappa shape index (κ1) is 14.9. The molecule has 0 aliphatic carbocycles. The molecule has 0 saturated heterocycles. The minimum atomic E-state index is -1.78. The van der Waals surface area contributed by atoms with E-state index >= 15 is 0 Å². The molecule has 3 N–H and O–H groups in total. The van der Waals surface area contributed by atoms with E-state index in [-0.39, 0.29) is 5.52 Å². The quantitative estimate of drug-likeness (QED) is 0.533. The van der Waals surface area contributed by atoms with Crippen molar-refractivity contribution in [2.45, 2.75) is 6.92 Å². The lowest BCUT2D eigenvalue weighted by Crippen LogP contribution is -2.26. The number of nitrogens with two attached hydrogens (primary N) is 1. The normalized spacial score (nSPS) is 11.1. The monoisotopic (exact) mass is 321 g/mol. The fourth-order valence-corrected chi connectivity index (χ4v) is 2.29. The number of aromatic nitrogens is 2. The zero-order valence-corrected chi connectivity index (χ0v) is 11.8. The summed E-state index contributed by atoms with van der Waals surface area (Å²) in [6.45, 7) is 1.71. The fraction of sp³-hybridized carbons (Fsp3) is 0.0667. The molecular formula is C15H10F3N3O2. The molecule has 0 saturated carbocycles. The Morgan fingerprint density at radius 1 is 1.17 bits per heavy atom. The zero-order chi connectivity index (χ0) is 16.9. The SMILES string of the molecule is Cc1cc2[nH]c(=O)n(C(=O)c3ccc(F)c(F)c3F)c2cc1N. The van der Waals surface area contributed by atoms with Gasteiger partial charge in [0.25, 0.3) is 5.91 Å². The highest BCUT2D eigenvalue weighted by Crippen LogP contribution is 2.21. The molecule has 0 spiro atoms. The number of nitrogens with one attached hydrogen (secondary N) is 1. The highest BCUT2D eigenvalue weighted by atomic mass is 19.2. The fourth-order valence-electron chi connectivity index (χ4n) is 2.29. The number of rotatable bonds is 1. The minimum absolute atomic E-state index is 0.118. The highest BCUT2D eigenvalue weighted by molar-refractivity contribution is 6.01. The number of anilines is 1. The number of nitrogen functional groups attached to an aromatic ring is 1. The van der Waals surface area contributed by atoms with Crippen LogP contribution in [0.2, 0.25) is 0 Å². The van der Waals surface area contributed by atoms with Crippen molar-refractivity contribution in [2.24, 2.45) is 0 Å². The van der Waals surface area contributed by atoms with Gasteiger partial charge >= 0.3 is 5.69 Å². The number of aromatic amines is 1. The molecule has 1 heterocycles. The van der Waals surface area contributed by atoms with Crippen LogP contribution in [-0.4, -0.2) is 15.5 Å². The van der Waals surface area contributed by atoms with E-state index in [0.29, 0.717) is 27.4 Å². The molecule has 0 atom stereocenters. The number of benzene rings is 2. The Morgan fingerprint density at radius 2 is 1.87 bits per heavy atom. The third-order valence-corrected chi connectivity index (χ3v) is 3.54. The Kier molecular flexibility index (Phi) is 3.24. The second-order valence-electron chi connectivity index (χ2n) is 5.02. The van der Waals surface area contributed by atoms with Crippen LogP contribution in [0, 0.1) is 24.4 Å². The van der Waals surface area contributed by atoms with Crippen LogP contribution in [0.4, 0.5) is 18.9 Å². The van der Waals surface area contributed by atoms with Crippen LogP contribution >= 0.6 is 0 Å². The van der Waals surface area contributed by atoms with Gasteiger partial charge in [-0.15, -0.1) is 0 Å². The molecule has 0 unspecified atom stereocenters. The third kappa shape index (κ3) is 2.19. The number of hydrogen-bond donors (Lipinski definition) is 2. The largest absolute Gasteiger partial charge is 0.398 e. The number of carbonyl (C=O) groups excluding carboxylic acids is 1. The maximum Gasteiger partial charge on any atom is 0.333 e. The molecule has 1 aromatic heterocycles. The minimum Gasteiger partial charge on any atom is -0.398 e. The van der Waals surface area contributed by atoms with Gasteiger partial charge in [-0.25, -0.2) is 22.5 Å². The van der Waals surface area contributed by atoms with Gasteiger partial charge in [-0.1, -0.05) is 0 Å². The number of imidazole rings is 1. The van der Waals surface area contributed by atoms with Crippen LogP contribution in [0.5, 0.6) is 0 Å². The average molecular weight is 321 g/mol. The number of fused-ring (bicyclic) bond motifs is 1. The summed E-state index contributed by atoms with van der Waals surface area (Å²) >= 11 is 0. The Hall–Kier alpha value is -3.03. The summed E-state index contributed by atoms with van der Waals surface area (Å²) < 4.78 is 40.7.